The zero-order valence-corrected chi connectivity index (χ0v) is 21.2. The standard InChI is InChI=1S/C29H38N2O3/c1-18(32)29(34-5)15-14-26-24-12-8-20-16-21(30-33)9-13-23(20)27(24)25(17-28(26,29)2)19-6-10-22(11-7-19)31(3)4/h6-7,10-11,16,24-26,33H,8-9,12-15,17H2,1-5H3/t24-,25?,26-,28-,29-/m0/s1. The number of hydrogen-bond donors (Lipinski definition) is 1. The van der Waals surface area contributed by atoms with Gasteiger partial charge in [0.15, 0.2) is 5.78 Å². The smallest absolute Gasteiger partial charge is 0.162 e. The highest BCUT2D eigenvalue weighted by atomic mass is 16.5. The fourth-order valence-electron chi connectivity index (χ4n) is 8.10. The Kier molecular flexibility index (Phi) is 5.75. The van der Waals surface area contributed by atoms with Gasteiger partial charge in [0.05, 0.1) is 5.71 Å². The van der Waals surface area contributed by atoms with Crippen LogP contribution in [-0.4, -0.2) is 43.5 Å². The van der Waals surface area contributed by atoms with Crippen LogP contribution in [-0.2, 0) is 9.53 Å². The Labute approximate surface area is 203 Å². The lowest BCUT2D eigenvalue weighted by atomic mass is 9.50. The van der Waals surface area contributed by atoms with E-state index in [0.29, 0.717) is 11.8 Å². The van der Waals surface area contributed by atoms with Crippen molar-refractivity contribution >= 4 is 17.2 Å². The minimum Gasteiger partial charge on any atom is -0.411 e. The molecule has 1 unspecified atom stereocenters. The maximum Gasteiger partial charge on any atom is 0.162 e. The van der Waals surface area contributed by atoms with Gasteiger partial charge in [-0.2, -0.15) is 0 Å². The van der Waals surface area contributed by atoms with Gasteiger partial charge in [0.2, 0.25) is 0 Å². The van der Waals surface area contributed by atoms with Gasteiger partial charge in [0, 0.05) is 38.2 Å². The summed E-state index contributed by atoms with van der Waals surface area (Å²) < 4.78 is 6.16. The molecule has 1 aromatic carbocycles. The summed E-state index contributed by atoms with van der Waals surface area (Å²) >= 11 is 0. The monoisotopic (exact) mass is 462 g/mol. The number of benzene rings is 1. The van der Waals surface area contributed by atoms with Crippen molar-refractivity contribution in [2.24, 2.45) is 22.4 Å². The average molecular weight is 463 g/mol. The van der Waals surface area contributed by atoms with Gasteiger partial charge >= 0.3 is 0 Å². The van der Waals surface area contributed by atoms with E-state index >= 15 is 0 Å². The molecule has 5 nitrogen and oxygen atoms in total. The quantitative estimate of drug-likeness (QED) is 0.448. The van der Waals surface area contributed by atoms with Crippen LogP contribution in [0.5, 0.6) is 0 Å². The van der Waals surface area contributed by atoms with Crippen LogP contribution < -0.4 is 4.90 Å². The van der Waals surface area contributed by atoms with Crippen LogP contribution in [0.15, 0.2) is 52.2 Å². The van der Waals surface area contributed by atoms with Crippen molar-refractivity contribution in [3.63, 3.8) is 0 Å². The lowest BCUT2D eigenvalue weighted by Crippen LogP contribution is -2.56. The number of ether oxygens (including phenoxy) is 1. The average Bonchev–Trinajstić information content (AvgIpc) is 3.16. The highest BCUT2D eigenvalue weighted by molar-refractivity contribution is 5.97. The van der Waals surface area contributed by atoms with E-state index in [1.165, 1.54) is 22.4 Å². The molecule has 4 aliphatic rings. The molecule has 0 heterocycles. The molecule has 5 atom stereocenters. The number of ketones is 1. The zero-order valence-electron chi connectivity index (χ0n) is 21.2. The third kappa shape index (κ3) is 3.23. The molecule has 0 bridgehead atoms. The molecular formula is C29H38N2O3. The summed E-state index contributed by atoms with van der Waals surface area (Å²) in [4.78, 5) is 15.2. The number of rotatable bonds is 4. The Bertz CT molecular complexity index is 1080. The van der Waals surface area contributed by atoms with Gasteiger partial charge < -0.3 is 14.8 Å². The first-order valence-corrected chi connectivity index (χ1v) is 12.7. The highest BCUT2D eigenvalue weighted by Gasteiger charge is 2.65. The number of nitrogens with zero attached hydrogens (tertiary/aromatic N) is 2. The fourth-order valence-corrected chi connectivity index (χ4v) is 8.10. The summed E-state index contributed by atoms with van der Waals surface area (Å²) in [5, 5.41) is 12.9. The second-order valence-electron chi connectivity index (χ2n) is 11.2. The maximum absolute atomic E-state index is 13.1. The molecule has 4 aliphatic carbocycles. The molecule has 0 amide bonds. The largest absolute Gasteiger partial charge is 0.411 e. The number of Topliss-reactive ketones (excluding diaryl/α,β-unsaturated/α-hetero) is 1. The number of fused-ring (bicyclic) bond motifs is 4. The predicted octanol–water partition coefficient (Wildman–Crippen LogP) is 5.89. The molecular weight excluding hydrogens is 424 g/mol. The van der Waals surface area contributed by atoms with Crippen LogP contribution in [0.3, 0.4) is 0 Å². The van der Waals surface area contributed by atoms with Crippen LogP contribution in [0.4, 0.5) is 5.69 Å². The molecule has 0 spiro atoms. The number of anilines is 1. The van der Waals surface area contributed by atoms with Crippen molar-refractivity contribution < 1.29 is 14.7 Å². The molecule has 1 aromatic rings. The van der Waals surface area contributed by atoms with E-state index in [9.17, 15) is 10.0 Å². The Morgan fingerprint density at radius 2 is 1.88 bits per heavy atom. The zero-order chi connectivity index (χ0) is 24.3. The molecule has 1 N–H and O–H groups in total. The van der Waals surface area contributed by atoms with Gasteiger partial charge in [-0.3, -0.25) is 4.79 Å². The Hall–Kier alpha value is -2.40. The predicted molar refractivity (Wildman–Crippen MR) is 136 cm³/mol. The lowest BCUT2D eigenvalue weighted by molar-refractivity contribution is -0.160. The van der Waals surface area contributed by atoms with Gasteiger partial charge in [0.1, 0.15) is 5.60 Å². The molecule has 2 fully saturated rings. The van der Waals surface area contributed by atoms with Crippen molar-refractivity contribution in [2.75, 3.05) is 26.1 Å². The minimum atomic E-state index is -0.699. The Morgan fingerprint density at radius 1 is 1.15 bits per heavy atom. The van der Waals surface area contributed by atoms with E-state index in [1.54, 1.807) is 19.6 Å². The number of allylic oxidation sites excluding steroid dienone is 4. The van der Waals surface area contributed by atoms with E-state index in [0.717, 1.165) is 50.7 Å². The fraction of sp³-hybridized carbons (Fsp3) is 0.586. The Balaban J connectivity index is 1.68. The number of carbonyl (C=O) groups is 1. The molecule has 0 aromatic heterocycles. The van der Waals surface area contributed by atoms with Gasteiger partial charge in [-0.25, -0.2) is 0 Å². The first-order valence-electron chi connectivity index (χ1n) is 12.7. The molecule has 182 valence electrons. The molecule has 0 radical (unpaired) electrons. The van der Waals surface area contributed by atoms with Crippen molar-refractivity contribution in [2.45, 2.75) is 70.3 Å². The maximum atomic E-state index is 13.1. The Morgan fingerprint density at radius 3 is 2.50 bits per heavy atom. The molecule has 0 saturated heterocycles. The first kappa shape index (κ1) is 23.3. The van der Waals surface area contributed by atoms with Crippen LogP contribution in [0.25, 0.3) is 0 Å². The number of methoxy groups -OCH3 is 1. The van der Waals surface area contributed by atoms with Crippen molar-refractivity contribution in [1.82, 2.24) is 0 Å². The second-order valence-corrected chi connectivity index (χ2v) is 11.2. The van der Waals surface area contributed by atoms with Gasteiger partial charge in [-0.15, -0.1) is 0 Å². The van der Waals surface area contributed by atoms with E-state index in [4.69, 9.17) is 4.74 Å². The number of oxime groups is 1. The second kappa shape index (κ2) is 8.37. The van der Waals surface area contributed by atoms with Gasteiger partial charge in [-0.05, 0) is 98.6 Å². The van der Waals surface area contributed by atoms with E-state index < -0.39 is 5.60 Å². The molecule has 5 heteroatoms. The topological polar surface area (TPSA) is 62.1 Å². The molecule has 5 rings (SSSR count). The van der Waals surface area contributed by atoms with E-state index in [-0.39, 0.29) is 17.1 Å². The SMILES string of the molecule is CO[C@]1(C(C)=O)CC[C@H]2[C@@H]3CCC4=CC(=NO)CCC4=C3C(c3ccc(N(C)C)cc3)C[C@@]21C. The summed E-state index contributed by atoms with van der Waals surface area (Å²) in [6.45, 7) is 4.06. The summed E-state index contributed by atoms with van der Waals surface area (Å²) in [6.07, 6.45) is 8.73. The van der Waals surface area contributed by atoms with E-state index in [1.807, 2.05) is 0 Å². The third-order valence-corrected chi connectivity index (χ3v) is 9.73. The van der Waals surface area contributed by atoms with Crippen LogP contribution in [0, 0.1) is 17.3 Å². The third-order valence-electron chi connectivity index (χ3n) is 9.73. The normalized spacial score (nSPS) is 36.0. The number of carbonyl (C=O) groups excluding carboxylic acids is 1. The summed E-state index contributed by atoms with van der Waals surface area (Å²) in [7, 11) is 5.88. The molecule has 34 heavy (non-hydrogen) atoms. The van der Waals surface area contributed by atoms with Crippen LogP contribution in [0.1, 0.15) is 70.3 Å². The van der Waals surface area contributed by atoms with Crippen molar-refractivity contribution in [3.8, 4) is 0 Å². The van der Waals surface area contributed by atoms with E-state index in [2.05, 4.69) is 61.4 Å². The summed E-state index contributed by atoms with van der Waals surface area (Å²) in [6, 6.07) is 8.99. The van der Waals surface area contributed by atoms with Crippen LogP contribution in [0.2, 0.25) is 0 Å². The minimum absolute atomic E-state index is 0.177. The van der Waals surface area contributed by atoms with Crippen molar-refractivity contribution in [3.05, 3.63) is 52.6 Å². The van der Waals surface area contributed by atoms with Gasteiger partial charge in [0.25, 0.3) is 0 Å². The lowest BCUT2D eigenvalue weighted by Gasteiger charge is -2.55. The molecule has 0 aliphatic heterocycles. The van der Waals surface area contributed by atoms with Gasteiger partial charge in [-0.1, -0.05) is 29.8 Å². The number of hydrogen-bond acceptors (Lipinski definition) is 5. The first-order chi connectivity index (χ1) is 16.3. The highest BCUT2D eigenvalue weighted by Crippen LogP contribution is 2.67. The molecule has 2 saturated carbocycles. The van der Waals surface area contributed by atoms with Crippen molar-refractivity contribution in [1.29, 1.82) is 0 Å². The summed E-state index contributed by atoms with van der Waals surface area (Å²) in [5.41, 5.74) is 6.86. The van der Waals surface area contributed by atoms with Crippen LogP contribution >= 0.6 is 0 Å². The summed E-state index contributed by atoms with van der Waals surface area (Å²) in [5.74, 6) is 1.36.